The Morgan fingerprint density at radius 3 is 2.79 bits per heavy atom. The Bertz CT molecular complexity index is 250. The van der Waals surface area contributed by atoms with Crippen LogP contribution in [-0.4, -0.2) is 23.3 Å². The van der Waals surface area contributed by atoms with E-state index in [-0.39, 0.29) is 0 Å². The second-order valence-corrected chi connectivity index (χ2v) is 2.92. The fourth-order valence-corrected chi connectivity index (χ4v) is 0.954. The highest BCUT2D eigenvalue weighted by atomic mass is 16.5. The molecule has 0 aliphatic heterocycles. The van der Waals surface area contributed by atoms with Crippen molar-refractivity contribution in [3.05, 3.63) is 11.8 Å². The highest BCUT2D eigenvalue weighted by molar-refractivity contribution is 4.79. The molecule has 5 heteroatoms. The lowest BCUT2D eigenvalue weighted by Gasteiger charge is -1.96. The van der Waals surface area contributed by atoms with Crippen LogP contribution in [0.1, 0.15) is 32.0 Å². The van der Waals surface area contributed by atoms with Crippen LogP contribution in [0.3, 0.4) is 0 Å². The number of nitrogens with zero attached hydrogens (tertiary/aromatic N) is 2. The lowest BCUT2D eigenvalue weighted by atomic mass is 10.5. The van der Waals surface area contributed by atoms with Crippen LogP contribution in [-0.2, 0) is 17.9 Å². The van der Waals surface area contributed by atoms with E-state index in [0.29, 0.717) is 24.9 Å². The largest absolute Gasteiger partial charge is 0.421 e. The third-order valence-corrected chi connectivity index (χ3v) is 1.61. The Labute approximate surface area is 83.9 Å². The van der Waals surface area contributed by atoms with Gasteiger partial charge in [-0.1, -0.05) is 13.8 Å². The van der Waals surface area contributed by atoms with E-state index < -0.39 is 0 Å². The van der Waals surface area contributed by atoms with Crippen LogP contribution in [0, 0.1) is 0 Å². The van der Waals surface area contributed by atoms with Gasteiger partial charge in [-0.15, -0.1) is 10.2 Å². The topological polar surface area (TPSA) is 60.2 Å². The predicted octanol–water partition coefficient (Wildman–Crippen LogP) is 1.11. The summed E-state index contributed by atoms with van der Waals surface area (Å²) in [6, 6.07) is 0. The molecule has 0 spiro atoms. The molecule has 0 bridgehead atoms. The summed E-state index contributed by atoms with van der Waals surface area (Å²) in [6.07, 6.45) is 0.998. The highest BCUT2D eigenvalue weighted by Gasteiger charge is 2.04. The van der Waals surface area contributed by atoms with E-state index in [9.17, 15) is 0 Å². The first-order chi connectivity index (χ1) is 6.86. The van der Waals surface area contributed by atoms with Crippen molar-refractivity contribution in [3.63, 3.8) is 0 Å². The summed E-state index contributed by atoms with van der Waals surface area (Å²) in [7, 11) is 0. The molecule has 1 N–H and O–H groups in total. The molecular weight excluding hydrogens is 182 g/mol. The first-order valence-corrected chi connectivity index (χ1v) is 4.96. The molecule has 80 valence electrons. The predicted molar refractivity (Wildman–Crippen MR) is 51.6 cm³/mol. The Kier molecular flexibility index (Phi) is 5.17. The molecule has 1 rings (SSSR count). The molecule has 1 heterocycles. The van der Waals surface area contributed by atoms with E-state index in [1.807, 2.05) is 6.92 Å². The first-order valence-electron chi connectivity index (χ1n) is 4.96. The monoisotopic (exact) mass is 199 g/mol. The van der Waals surface area contributed by atoms with Crippen molar-refractivity contribution in [2.75, 3.05) is 13.2 Å². The van der Waals surface area contributed by atoms with Crippen LogP contribution in [0.25, 0.3) is 0 Å². The van der Waals surface area contributed by atoms with Crippen LogP contribution in [0.15, 0.2) is 4.42 Å². The Morgan fingerprint density at radius 1 is 1.29 bits per heavy atom. The number of rotatable bonds is 7. The van der Waals surface area contributed by atoms with E-state index in [0.717, 1.165) is 19.6 Å². The number of hydrogen-bond acceptors (Lipinski definition) is 5. The second-order valence-electron chi connectivity index (χ2n) is 2.92. The molecule has 0 unspecified atom stereocenters. The minimum Gasteiger partial charge on any atom is -0.421 e. The van der Waals surface area contributed by atoms with Gasteiger partial charge in [0.05, 0.1) is 6.54 Å². The normalized spacial score (nSPS) is 10.7. The zero-order valence-corrected chi connectivity index (χ0v) is 8.75. The fourth-order valence-electron chi connectivity index (χ4n) is 0.954. The van der Waals surface area contributed by atoms with Gasteiger partial charge in [-0.05, 0) is 13.0 Å². The number of aromatic nitrogens is 2. The molecule has 14 heavy (non-hydrogen) atoms. The van der Waals surface area contributed by atoms with Crippen molar-refractivity contribution >= 4 is 0 Å². The molecular formula is C9H17N3O2. The molecule has 0 atom stereocenters. The van der Waals surface area contributed by atoms with Gasteiger partial charge in [0, 0.05) is 6.61 Å². The van der Waals surface area contributed by atoms with Gasteiger partial charge in [-0.2, -0.15) is 0 Å². The number of ether oxygens (including phenoxy) is 1. The summed E-state index contributed by atoms with van der Waals surface area (Å²) in [5.41, 5.74) is 0. The van der Waals surface area contributed by atoms with Crippen molar-refractivity contribution < 1.29 is 9.15 Å². The molecule has 0 radical (unpaired) electrons. The minimum atomic E-state index is 0.410. The Balaban J connectivity index is 2.27. The molecule has 0 aromatic carbocycles. The molecule has 0 saturated heterocycles. The SMILES string of the molecule is CCCOCc1nnc(CNCC)o1. The van der Waals surface area contributed by atoms with E-state index in [1.54, 1.807) is 0 Å². The quantitative estimate of drug-likeness (QED) is 0.666. The van der Waals surface area contributed by atoms with Crippen molar-refractivity contribution in [2.45, 2.75) is 33.4 Å². The summed E-state index contributed by atoms with van der Waals surface area (Å²) in [6.45, 7) is 6.74. The molecule has 0 saturated carbocycles. The molecule has 0 aliphatic rings. The maximum absolute atomic E-state index is 5.32. The van der Waals surface area contributed by atoms with E-state index >= 15 is 0 Å². The van der Waals surface area contributed by atoms with Gasteiger partial charge in [0.15, 0.2) is 0 Å². The van der Waals surface area contributed by atoms with Gasteiger partial charge in [0.2, 0.25) is 11.8 Å². The summed E-state index contributed by atoms with van der Waals surface area (Å²) < 4.78 is 10.6. The summed E-state index contributed by atoms with van der Waals surface area (Å²) >= 11 is 0. The Morgan fingerprint density at radius 2 is 2.07 bits per heavy atom. The fraction of sp³-hybridized carbons (Fsp3) is 0.778. The van der Waals surface area contributed by atoms with E-state index in [4.69, 9.17) is 9.15 Å². The summed E-state index contributed by atoms with van der Waals surface area (Å²) in [4.78, 5) is 0. The molecule has 1 aromatic rings. The van der Waals surface area contributed by atoms with Gasteiger partial charge in [0.1, 0.15) is 6.61 Å². The molecule has 0 aliphatic carbocycles. The summed E-state index contributed by atoms with van der Waals surface area (Å²) in [5.74, 6) is 1.16. The Hall–Kier alpha value is -0.940. The van der Waals surface area contributed by atoms with Crippen LogP contribution < -0.4 is 5.32 Å². The third kappa shape index (κ3) is 3.85. The van der Waals surface area contributed by atoms with Crippen molar-refractivity contribution in [2.24, 2.45) is 0 Å². The number of nitrogens with one attached hydrogen (secondary N) is 1. The van der Waals surface area contributed by atoms with Crippen molar-refractivity contribution in [1.82, 2.24) is 15.5 Å². The number of hydrogen-bond donors (Lipinski definition) is 1. The molecule has 0 amide bonds. The van der Waals surface area contributed by atoms with Gasteiger partial charge in [0.25, 0.3) is 0 Å². The van der Waals surface area contributed by atoms with Crippen LogP contribution in [0.2, 0.25) is 0 Å². The smallest absolute Gasteiger partial charge is 0.242 e. The van der Waals surface area contributed by atoms with Gasteiger partial charge < -0.3 is 14.5 Å². The van der Waals surface area contributed by atoms with Crippen LogP contribution in [0.5, 0.6) is 0 Å². The molecule has 5 nitrogen and oxygen atoms in total. The van der Waals surface area contributed by atoms with Crippen LogP contribution >= 0.6 is 0 Å². The molecule has 1 aromatic heterocycles. The maximum atomic E-state index is 5.32. The van der Waals surface area contributed by atoms with E-state index in [2.05, 4.69) is 22.4 Å². The highest BCUT2D eigenvalue weighted by Crippen LogP contribution is 2.01. The van der Waals surface area contributed by atoms with Crippen molar-refractivity contribution in [3.8, 4) is 0 Å². The van der Waals surface area contributed by atoms with E-state index in [1.165, 1.54) is 0 Å². The minimum absolute atomic E-state index is 0.410. The third-order valence-electron chi connectivity index (χ3n) is 1.61. The maximum Gasteiger partial charge on any atom is 0.242 e. The van der Waals surface area contributed by atoms with Crippen molar-refractivity contribution in [1.29, 1.82) is 0 Å². The lowest BCUT2D eigenvalue weighted by Crippen LogP contribution is -2.11. The van der Waals surface area contributed by atoms with Gasteiger partial charge >= 0.3 is 0 Å². The zero-order chi connectivity index (χ0) is 10.2. The zero-order valence-electron chi connectivity index (χ0n) is 8.75. The van der Waals surface area contributed by atoms with Crippen LogP contribution in [0.4, 0.5) is 0 Å². The van der Waals surface area contributed by atoms with Gasteiger partial charge in [-0.25, -0.2) is 0 Å². The standard InChI is InChI=1S/C9H17N3O2/c1-3-5-13-7-9-12-11-8(14-9)6-10-4-2/h10H,3-7H2,1-2H3. The first kappa shape index (κ1) is 11.1. The lowest BCUT2D eigenvalue weighted by molar-refractivity contribution is 0.102. The molecule has 0 fully saturated rings. The average molecular weight is 199 g/mol. The summed E-state index contributed by atoms with van der Waals surface area (Å²) in [5, 5.41) is 10.8. The average Bonchev–Trinajstić information content (AvgIpc) is 2.63. The van der Waals surface area contributed by atoms with Gasteiger partial charge in [-0.3, -0.25) is 0 Å². The second kappa shape index (κ2) is 6.50.